The van der Waals surface area contributed by atoms with Gasteiger partial charge in [-0.1, -0.05) is 0 Å². The second-order valence-electron chi connectivity index (χ2n) is 1.37. The molecule has 0 saturated carbocycles. The van der Waals surface area contributed by atoms with Crippen molar-refractivity contribution in [3.8, 4) is 0 Å². The third-order valence-corrected chi connectivity index (χ3v) is 1.99. The molecule has 0 spiro atoms. The van der Waals surface area contributed by atoms with Crippen molar-refractivity contribution in [3.05, 3.63) is 8.84 Å². The monoisotopic (exact) mass is 280 g/mol. The number of hydrogen-bond donors (Lipinski definition) is 0. The molecule has 0 aliphatic rings. The highest BCUT2D eigenvalue weighted by Gasteiger charge is 2.35. The molecule has 1 heterocycles. The van der Waals surface area contributed by atoms with E-state index in [-0.39, 0.29) is 0 Å². The summed E-state index contributed by atoms with van der Waals surface area (Å²) in [5.41, 5.74) is 0. The fraction of sp³-hybridized carbons (Fsp3) is 0.333. The van der Waals surface area contributed by atoms with Crippen LogP contribution in [0.15, 0.2) is 0 Å². The first-order chi connectivity index (χ1) is 4.50. The summed E-state index contributed by atoms with van der Waals surface area (Å²) in [6.07, 6.45) is -4.40. The van der Waals surface area contributed by atoms with Crippen molar-refractivity contribution in [2.75, 3.05) is 0 Å². The quantitative estimate of drug-likeness (QED) is 0.680. The Morgan fingerprint density at radius 2 is 2.00 bits per heavy atom. The number of alkyl halides is 3. The van der Waals surface area contributed by atoms with Crippen LogP contribution in [-0.4, -0.2) is 9.36 Å². The minimum absolute atomic E-state index is 0.296. The van der Waals surface area contributed by atoms with Gasteiger partial charge in [-0.05, 0) is 34.1 Å². The third kappa shape index (κ3) is 1.78. The lowest BCUT2D eigenvalue weighted by Crippen LogP contribution is -2.06. The van der Waals surface area contributed by atoms with E-state index in [9.17, 15) is 13.2 Å². The molecule has 2 nitrogen and oxygen atoms in total. The molecule has 56 valence electrons. The topological polar surface area (TPSA) is 25.8 Å². The summed E-state index contributed by atoms with van der Waals surface area (Å²) in [6.45, 7) is 0. The van der Waals surface area contributed by atoms with E-state index in [4.69, 9.17) is 0 Å². The summed E-state index contributed by atoms with van der Waals surface area (Å²) in [5.74, 6) is -1.05. The summed E-state index contributed by atoms with van der Waals surface area (Å²) >= 11 is 2.42. The average molecular weight is 280 g/mol. The van der Waals surface area contributed by atoms with Crippen LogP contribution >= 0.6 is 34.1 Å². The maximum absolute atomic E-state index is 11.7. The number of nitrogens with zero attached hydrogens (tertiary/aromatic N) is 2. The smallest absolute Gasteiger partial charge is 0.205 e. The van der Waals surface area contributed by atoms with Crippen molar-refractivity contribution in [2.24, 2.45) is 0 Å². The van der Waals surface area contributed by atoms with Gasteiger partial charge < -0.3 is 0 Å². The lowest BCUT2D eigenvalue weighted by Gasteiger charge is -1.96. The molecule has 0 unspecified atom stereocenters. The van der Waals surface area contributed by atoms with E-state index in [0.717, 1.165) is 11.5 Å². The molecule has 7 heteroatoms. The second kappa shape index (κ2) is 2.61. The van der Waals surface area contributed by atoms with Crippen LogP contribution in [0.2, 0.25) is 0 Å². The van der Waals surface area contributed by atoms with Gasteiger partial charge in [-0.3, -0.25) is 0 Å². The van der Waals surface area contributed by atoms with Gasteiger partial charge in [0.15, 0.2) is 3.01 Å². The Labute approximate surface area is 71.8 Å². The van der Waals surface area contributed by atoms with Crippen LogP contribution in [0.4, 0.5) is 13.2 Å². The molecular formula is C3F3IN2S. The molecule has 10 heavy (non-hydrogen) atoms. The second-order valence-corrected chi connectivity index (χ2v) is 3.87. The van der Waals surface area contributed by atoms with Crippen molar-refractivity contribution >= 4 is 34.1 Å². The maximum Gasteiger partial charge on any atom is 0.452 e. The number of hydrogen-bond acceptors (Lipinski definition) is 3. The van der Waals surface area contributed by atoms with Gasteiger partial charge in [0.1, 0.15) is 0 Å². The summed E-state index contributed by atoms with van der Waals surface area (Å²) in [6, 6.07) is 0. The highest BCUT2D eigenvalue weighted by Crippen LogP contribution is 2.27. The molecule has 0 N–H and O–H groups in total. The standard InChI is InChI=1S/C3F3IN2S/c4-3(5,6)1-8-2(7)10-9-1. The fourth-order valence-electron chi connectivity index (χ4n) is 0.320. The Morgan fingerprint density at radius 1 is 1.40 bits per heavy atom. The Hall–Kier alpha value is 0.0800. The van der Waals surface area contributed by atoms with Crippen molar-refractivity contribution < 1.29 is 13.2 Å². The minimum Gasteiger partial charge on any atom is -0.205 e. The number of rotatable bonds is 0. The largest absolute Gasteiger partial charge is 0.452 e. The number of aromatic nitrogens is 2. The van der Waals surface area contributed by atoms with Crippen LogP contribution in [-0.2, 0) is 6.18 Å². The van der Waals surface area contributed by atoms with Crippen LogP contribution < -0.4 is 0 Å². The molecule has 0 amide bonds. The van der Waals surface area contributed by atoms with E-state index in [1.807, 2.05) is 0 Å². The van der Waals surface area contributed by atoms with Gasteiger partial charge in [-0.25, -0.2) is 4.98 Å². The van der Waals surface area contributed by atoms with Crippen LogP contribution in [0, 0.1) is 3.01 Å². The predicted molar refractivity (Wildman–Crippen MR) is 37.6 cm³/mol. The van der Waals surface area contributed by atoms with Crippen LogP contribution in [0.3, 0.4) is 0 Å². The van der Waals surface area contributed by atoms with E-state index >= 15 is 0 Å². The maximum atomic E-state index is 11.7. The first-order valence-electron chi connectivity index (χ1n) is 2.06. The Kier molecular flexibility index (Phi) is 2.13. The molecule has 0 fully saturated rings. The molecule has 0 aliphatic carbocycles. The van der Waals surface area contributed by atoms with Gasteiger partial charge in [-0.15, -0.1) is 0 Å². The molecule has 0 bridgehead atoms. The predicted octanol–water partition coefficient (Wildman–Crippen LogP) is 2.16. The van der Waals surface area contributed by atoms with Crippen LogP contribution in [0.5, 0.6) is 0 Å². The summed E-state index contributed by atoms with van der Waals surface area (Å²) in [4.78, 5) is 3.15. The van der Waals surface area contributed by atoms with Gasteiger partial charge in [-0.2, -0.15) is 17.5 Å². The summed E-state index contributed by atoms with van der Waals surface area (Å²) in [5, 5.41) is 0. The molecule has 0 aromatic carbocycles. The molecule has 1 aromatic rings. The third-order valence-electron chi connectivity index (χ3n) is 0.655. The van der Waals surface area contributed by atoms with E-state index in [1.165, 1.54) is 0 Å². The summed E-state index contributed by atoms with van der Waals surface area (Å²) < 4.78 is 38.4. The lowest BCUT2D eigenvalue weighted by atomic mass is 10.6. The van der Waals surface area contributed by atoms with Crippen molar-refractivity contribution in [2.45, 2.75) is 6.18 Å². The first-order valence-corrected chi connectivity index (χ1v) is 3.92. The van der Waals surface area contributed by atoms with Gasteiger partial charge in [0.2, 0.25) is 5.82 Å². The van der Waals surface area contributed by atoms with Crippen molar-refractivity contribution in [3.63, 3.8) is 0 Å². The minimum atomic E-state index is -4.40. The SMILES string of the molecule is FC(F)(F)c1nsc(I)n1. The Morgan fingerprint density at radius 3 is 2.20 bits per heavy atom. The Bertz CT molecular complexity index is 232. The first kappa shape index (κ1) is 8.18. The van der Waals surface area contributed by atoms with E-state index in [2.05, 4.69) is 9.36 Å². The van der Waals surface area contributed by atoms with Gasteiger partial charge in [0, 0.05) is 0 Å². The Balaban J connectivity index is 2.96. The average Bonchev–Trinajstić information content (AvgIpc) is 2.11. The molecule has 0 aliphatic heterocycles. The molecule has 0 atom stereocenters. The van der Waals surface area contributed by atoms with Gasteiger partial charge in [0.05, 0.1) is 0 Å². The van der Waals surface area contributed by atoms with Gasteiger partial charge in [0.25, 0.3) is 0 Å². The number of halogens is 4. The lowest BCUT2D eigenvalue weighted by molar-refractivity contribution is -0.144. The molecule has 0 saturated heterocycles. The van der Waals surface area contributed by atoms with Gasteiger partial charge >= 0.3 is 6.18 Å². The van der Waals surface area contributed by atoms with Crippen molar-refractivity contribution in [1.29, 1.82) is 0 Å². The highest BCUT2D eigenvalue weighted by molar-refractivity contribution is 14.1. The van der Waals surface area contributed by atoms with E-state index in [1.54, 1.807) is 22.6 Å². The molecule has 1 rings (SSSR count). The van der Waals surface area contributed by atoms with Crippen LogP contribution in [0.25, 0.3) is 0 Å². The highest BCUT2D eigenvalue weighted by atomic mass is 127. The molecular weight excluding hydrogens is 280 g/mol. The zero-order chi connectivity index (χ0) is 7.78. The van der Waals surface area contributed by atoms with Crippen LogP contribution in [0.1, 0.15) is 5.82 Å². The van der Waals surface area contributed by atoms with E-state index in [0.29, 0.717) is 3.01 Å². The zero-order valence-corrected chi connectivity index (χ0v) is 7.29. The molecule has 1 aromatic heterocycles. The fourth-order valence-corrected chi connectivity index (χ4v) is 1.28. The van der Waals surface area contributed by atoms with E-state index < -0.39 is 12.0 Å². The zero-order valence-electron chi connectivity index (χ0n) is 4.31. The summed E-state index contributed by atoms with van der Waals surface area (Å²) in [7, 11) is 0. The van der Waals surface area contributed by atoms with Crippen molar-refractivity contribution in [1.82, 2.24) is 9.36 Å². The normalized spacial score (nSPS) is 12.0. The molecule has 0 radical (unpaired) electrons.